The van der Waals surface area contributed by atoms with Crippen LogP contribution in [0.15, 0.2) is 30.5 Å². The van der Waals surface area contributed by atoms with E-state index in [9.17, 15) is 0 Å². The van der Waals surface area contributed by atoms with E-state index in [0.717, 1.165) is 28.2 Å². The highest BCUT2D eigenvalue weighted by Gasteiger charge is 2.11. The number of hydrogen-bond acceptors (Lipinski definition) is 7. The Kier molecular flexibility index (Phi) is 5.30. The molecule has 3 N–H and O–H groups in total. The molecule has 0 aliphatic rings. The third kappa shape index (κ3) is 3.97. The quantitative estimate of drug-likeness (QED) is 0.537. The van der Waals surface area contributed by atoms with Crippen molar-refractivity contribution in [2.24, 2.45) is 7.05 Å². The second-order valence-electron chi connectivity index (χ2n) is 5.61. The number of fused-ring (bicyclic) bond motifs is 1. The molecule has 0 aliphatic carbocycles. The molecule has 0 spiro atoms. The average Bonchev–Trinajstić information content (AvgIpc) is 3.02. The Labute approximate surface area is 145 Å². The predicted molar refractivity (Wildman–Crippen MR) is 96.8 cm³/mol. The summed E-state index contributed by atoms with van der Waals surface area (Å²) in [5.74, 6) is 2.07. The molecule has 2 aromatic heterocycles. The number of aryl methyl sites for hydroxylation is 1. The summed E-state index contributed by atoms with van der Waals surface area (Å²) in [6.45, 7) is 1.36. The van der Waals surface area contributed by atoms with Crippen molar-refractivity contribution < 1.29 is 9.84 Å². The van der Waals surface area contributed by atoms with E-state index in [2.05, 4.69) is 25.7 Å². The van der Waals surface area contributed by atoms with E-state index in [0.29, 0.717) is 25.5 Å². The van der Waals surface area contributed by atoms with Gasteiger partial charge in [0.05, 0.1) is 18.7 Å². The zero-order chi connectivity index (χ0) is 17.6. The first-order valence-electron chi connectivity index (χ1n) is 8.12. The van der Waals surface area contributed by atoms with Crippen LogP contribution in [-0.4, -0.2) is 45.1 Å². The van der Waals surface area contributed by atoms with Crippen LogP contribution >= 0.6 is 0 Å². The first-order chi connectivity index (χ1) is 12.2. The van der Waals surface area contributed by atoms with Gasteiger partial charge in [-0.05, 0) is 24.1 Å². The Morgan fingerprint density at radius 2 is 1.96 bits per heavy atom. The van der Waals surface area contributed by atoms with Gasteiger partial charge in [-0.25, -0.2) is 0 Å². The van der Waals surface area contributed by atoms with Crippen LogP contribution in [0.3, 0.4) is 0 Å². The molecular weight excluding hydrogens is 320 g/mol. The van der Waals surface area contributed by atoms with Crippen LogP contribution in [0.25, 0.3) is 11.0 Å². The monoisotopic (exact) mass is 342 g/mol. The Hall–Kier alpha value is -2.87. The van der Waals surface area contributed by atoms with Crippen LogP contribution in [0.2, 0.25) is 0 Å². The lowest BCUT2D eigenvalue weighted by molar-refractivity contribution is 0.292. The van der Waals surface area contributed by atoms with Crippen LogP contribution in [0.1, 0.15) is 12.0 Å². The lowest BCUT2D eigenvalue weighted by atomic mass is 10.2. The molecule has 1 aromatic carbocycles. The van der Waals surface area contributed by atoms with E-state index in [1.165, 1.54) is 0 Å². The molecule has 0 fully saturated rings. The topological polar surface area (TPSA) is 97.1 Å². The molecule has 8 nitrogen and oxygen atoms in total. The van der Waals surface area contributed by atoms with Crippen LogP contribution in [-0.2, 0) is 13.6 Å². The van der Waals surface area contributed by atoms with E-state index in [1.54, 1.807) is 18.0 Å². The summed E-state index contributed by atoms with van der Waals surface area (Å²) in [5, 5.41) is 20.5. The summed E-state index contributed by atoms with van der Waals surface area (Å²) in [4.78, 5) is 9.03. The summed E-state index contributed by atoms with van der Waals surface area (Å²) in [6, 6.07) is 7.87. The Balaban J connectivity index is 1.80. The van der Waals surface area contributed by atoms with Gasteiger partial charge in [0, 0.05) is 26.7 Å². The van der Waals surface area contributed by atoms with Crippen molar-refractivity contribution in [3.8, 4) is 5.75 Å². The zero-order valence-electron chi connectivity index (χ0n) is 14.4. The molecule has 3 aromatic rings. The van der Waals surface area contributed by atoms with Crippen LogP contribution in [0.5, 0.6) is 5.75 Å². The fraction of sp³-hybridized carbons (Fsp3) is 0.353. The molecule has 0 radical (unpaired) electrons. The number of anilines is 2. The molecule has 0 amide bonds. The van der Waals surface area contributed by atoms with Gasteiger partial charge in [0.2, 0.25) is 5.95 Å². The van der Waals surface area contributed by atoms with E-state index >= 15 is 0 Å². The van der Waals surface area contributed by atoms with Gasteiger partial charge in [0.1, 0.15) is 11.6 Å². The molecule has 0 atom stereocenters. The van der Waals surface area contributed by atoms with Crippen LogP contribution in [0, 0.1) is 0 Å². The molecule has 132 valence electrons. The van der Waals surface area contributed by atoms with Crippen LogP contribution in [0.4, 0.5) is 11.8 Å². The minimum atomic E-state index is 0.129. The minimum Gasteiger partial charge on any atom is -0.497 e. The summed E-state index contributed by atoms with van der Waals surface area (Å²) >= 11 is 0. The second kappa shape index (κ2) is 7.80. The van der Waals surface area contributed by atoms with Crippen molar-refractivity contribution in [2.75, 3.05) is 30.9 Å². The van der Waals surface area contributed by atoms with Gasteiger partial charge in [-0.2, -0.15) is 15.1 Å². The van der Waals surface area contributed by atoms with E-state index in [1.807, 2.05) is 31.3 Å². The number of aliphatic hydroxyl groups is 1. The number of aromatic nitrogens is 4. The maximum Gasteiger partial charge on any atom is 0.226 e. The van der Waals surface area contributed by atoms with Gasteiger partial charge in [-0.1, -0.05) is 12.1 Å². The predicted octanol–water partition coefficient (Wildman–Crippen LogP) is 1.78. The third-order valence-corrected chi connectivity index (χ3v) is 3.83. The number of hydrogen-bond donors (Lipinski definition) is 3. The minimum absolute atomic E-state index is 0.129. The number of ether oxygens (including phenoxy) is 1. The Bertz CT molecular complexity index is 831. The molecule has 25 heavy (non-hydrogen) atoms. The lowest BCUT2D eigenvalue weighted by Crippen LogP contribution is -2.10. The fourth-order valence-electron chi connectivity index (χ4n) is 2.44. The molecule has 0 saturated heterocycles. The molecule has 0 bridgehead atoms. The molecule has 2 heterocycles. The van der Waals surface area contributed by atoms with Crippen molar-refractivity contribution in [1.29, 1.82) is 0 Å². The van der Waals surface area contributed by atoms with Crippen molar-refractivity contribution in [3.63, 3.8) is 0 Å². The van der Waals surface area contributed by atoms with Gasteiger partial charge in [0.15, 0.2) is 5.65 Å². The molecule has 8 heteroatoms. The molecule has 0 aliphatic heterocycles. The number of nitrogens with zero attached hydrogens (tertiary/aromatic N) is 4. The number of aliphatic hydroxyl groups excluding tert-OH is 1. The van der Waals surface area contributed by atoms with Gasteiger partial charge in [-0.15, -0.1) is 0 Å². The fourth-order valence-corrected chi connectivity index (χ4v) is 2.44. The number of benzene rings is 1. The Morgan fingerprint density at radius 1 is 1.16 bits per heavy atom. The number of methoxy groups -OCH3 is 1. The first-order valence-corrected chi connectivity index (χ1v) is 8.12. The number of rotatable bonds is 8. The smallest absolute Gasteiger partial charge is 0.226 e. The highest BCUT2D eigenvalue weighted by atomic mass is 16.5. The largest absolute Gasteiger partial charge is 0.497 e. The Morgan fingerprint density at radius 3 is 2.68 bits per heavy atom. The van der Waals surface area contributed by atoms with Crippen molar-refractivity contribution in [3.05, 3.63) is 36.0 Å². The van der Waals surface area contributed by atoms with Gasteiger partial charge < -0.3 is 20.5 Å². The normalized spacial score (nSPS) is 10.8. The molecular formula is C17H22N6O2. The summed E-state index contributed by atoms with van der Waals surface area (Å²) in [5.41, 5.74) is 1.87. The van der Waals surface area contributed by atoms with Crippen LogP contribution < -0.4 is 15.4 Å². The highest BCUT2D eigenvalue weighted by molar-refractivity contribution is 5.87. The van der Waals surface area contributed by atoms with Crippen molar-refractivity contribution in [1.82, 2.24) is 19.7 Å². The summed E-state index contributed by atoms with van der Waals surface area (Å²) < 4.78 is 6.89. The zero-order valence-corrected chi connectivity index (χ0v) is 14.4. The summed E-state index contributed by atoms with van der Waals surface area (Å²) in [7, 11) is 3.50. The summed E-state index contributed by atoms with van der Waals surface area (Å²) in [6.07, 6.45) is 2.39. The van der Waals surface area contributed by atoms with E-state index < -0.39 is 0 Å². The first kappa shape index (κ1) is 17.0. The van der Waals surface area contributed by atoms with Gasteiger partial charge >= 0.3 is 0 Å². The molecule has 3 rings (SSSR count). The molecule has 0 saturated carbocycles. The lowest BCUT2D eigenvalue weighted by Gasteiger charge is -2.10. The SMILES string of the molecule is COc1ccc(CNc2nc(NCCCO)nc3c2cnn3C)cc1. The molecule has 0 unspecified atom stereocenters. The van der Waals surface area contributed by atoms with Crippen molar-refractivity contribution >= 4 is 22.8 Å². The van der Waals surface area contributed by atoms with E-state index in [-0.39, 0.29) is 6.61 Å². The maximum absolute atomic E-state index is 8.91. The second-order valence-corrected chi connectivity index (χ2v) is 5.61. The van der Waals surface area contributed by atoms with Gasteiger partial charge in [-0.3, -0.25) is 4.68 Å². The maximum atomic E-state index is 8.91. The van der Waals surface area contributed by atoms with Gasteiger partial charge in [0.25, 0.3) is 0 Å². The standard InChI is InChI=1S/C17H22N6O2/c1-23-16-14(11-20-23)15(21-17(22-16)18-8-3-9-24)19-10-12-4-6-13(25-2)7-5-12/h4-7,11,24H,3,8-10H2,1-2H3,(H2,18,19,21,22). The highest BCUT2D eigenvalue weighted by Crippen LogP contribution is 2.22. The number of nitrogens with one attached hydrogen (secondary N) is 2. The average molecular weight is 342 g/mol. The third-order valence-electron chi connectivity index (χ3n) is 3.83. The van der Waals surface area contributed by atoms with Crippen molar-refractivity contribution in [2.45, 2.75) is 13.0 Å². The van der Waals surface area contributed by atoms with E-state index in [4.69, 9.17) is 9.84 Å².